The third-order valence-electron chi connectivity index (χ3n) is 6.33. The number of nitrogens with one attached hydrogen (secondary N) is 1. The molecule has 5 nitrogen and oxygen atoms in total. The largest absolute Gasteiger partial charge is 0.393 e. The van der Waals surface area contributed by atoms with Crippen molar-refractivity contribution < 1.29 is 20.1 Å². The maximum absolute atomic E-state index is 11.7. The maximum atomic E-state index is 11.7. The van der Waals surface area contributed by atoms with Gasteiger partial charge in [0.15, 0.2) is 0 Å². The predicted octanol–water partition coefficient (Wildman–Crippen LogP) is 3.29. The van der Waals surface area contributed by atoms with Crippen molar-refractivity contribution in [2.24, 2.45) is 11.8 Å². The number of amides is 1. The van der Waals surface area contributed by atoms with E-state index >= 15 is 0 Å². The number of hydrogen-bond donors (Lipinski definition) is 4. The first-order valence-corrected chi connectivity index (χ1v) is 11.7. The molecule has 4 unspecified atom stereocenters. The average Bonchev–Trinajstić information content (AvgIpc) is 3.52. The lowest BCUT2D eigenvalue weighted by Gasteiger charge is -2.19. The summed E-state index contributed by atoms with van der Waals surface area (Å²) in [5.74, 6) is -0.0707. The van der Waals surface area contributed by atoms with E-state index in [0.717, 1.165) is 32.1 Å². The Morgan fingerprint density at radius 2 is 1.90 bits per heavy atom. The second kappa shape index (κ2) is 12.2. The van der Waals surface area contributed by atoms with Gasteiger partial charge in [0.05, 0.1) is 18.3 Å². The molecule has 0 aliphatic heterocycles. The molecule has 0 heterocycles. The minimum atomic E-state index is -0.586. The minimum absolute atomic E-state index is 0.0537. The van der Waals surface area contributed by atoms with E-state index in [4.69, 9.17) is 0 Å². The highest BCUT2D eigenvalue weighted by Crippen LogP contribution is 2.36. The molecule has 2 aliphatic carbocycles. The summed E-state index contributed by atoms with van der Waals surface area (Å²) in [7, 11) is 0. The fourth-order valence-corrected chi connectivity index (χ4v) is 4.30. The summed E-state index contributed by atoms with van der Waals surface area (Å²) in [6, 6.07) is 10.5. The van der Waals surface area contributed by atoms with Crippen LogP contribution in [0.2, 0.25) is 0 Å². The Kier molecular flexibility index (Phi) is 9.31. The fourth-order valence-electron chi connectivity index (χ4n) is 4.30. The number of carbonyl (C=O) groups is 1. The van der Waals surface area contributed by atoms with Crippen LogP contribution in [-0.4, -0.2) is 45.6 Å². The van der Waals surface area contributed by atoms with Gasteiger partial charge >= 0.3 is 0 Å². The van der Waals surface area contributed by atoms with Crippen LogP contribution in [0.5, 0.6) is 0 Å². The second-order valence-corrected chi connectivity index (χ2v) is 9.03. The Morgan fingerprint density at radius 1 is 1.13 bits per heavy atom. The Morgan fingerprint density at radius 3 is 2.65 bits per heavy atom. The van der Waals surface area contributed by atoms with Crippen molar-refractivity contribution in [2.75, 3.05) is 0 Å². The lowest BCUT2D eigenvalue weighted by atomic mass is 9.89. The number of benzene rings is 1. The van der Waals surface area contributed by atoms with E-state index in [1.54, 1.807) is 6.08 Å². The zero-order valence-electron chi connectivity index (χ0n) is 18.3. The quantitative estimate of drug-likeness (QED) is 0.304. The molecule has 2 aliphatic rings. The first-order valence-electron chi connectivity index (χ1n) is 11.7. The first kappa shape index (κ1) is 23.7. The summed E-state index contributed by atoms with van der Waals surface area (Å²) in [6.45, 7) is 0. The Hall–Kier alpha value is -1.95. The van der Waals surface area contributed by atoms with Crippen molar-refractivity contribution in [3.8, 4) is 0 Å². The minimum Gasteiger partial charge on any atom is -0.393 e. The summed E-state index contributed by atoms with van der Waals surface area (Å²) < 4.78 is 0. The monoisotopic (exact) mass is 427 g/mol. The van der Waals surface area contributed by atoms with Crippen LogP contribution in [0.1, 0.15) is 56.9 Å². The van der Waals surface area contributed by atoms with Gasteiger partial charge in [-0.15, -0.1) is 0 Å². The van der Waals surface area contributed by atoms with E-state index in [-0.39, 0.29) is 17.7 Å². The standard InChI is InChI=1S/C26H37NO4/c28-21(15-12-19-8-4-3-5-9-19)16-17-23-22(24(29)18-25(23)30)10-6-1-2-7-11-26(31)27-20-13-14-20/h1,3-6,8-9,16-17,20-25,28-30H,2,7,10-15,18H2,(H,27,31)/t21?,22?,23-,24?,25?/m1/s1. The molecule has 31 heavy (non-hydrogen) atoms. The summed E-state index contributed by atoms with van der Waals surface area (Å²) >= 11 is 0. The Balaban J connectivity index is 1.39. The van der Waals surface area contributed by atoms with Gasteiger partial charge in [0.2, 0.25) is 5.91 Å². The summed E-state index contributed by atoms with van der Waals surface area (Å²) in [5, 5.41) is 34.0. The zero-order chi connectivity index (χ0) is 22.1. The number of aliphatic hydroxyl groups excluding tert-OH is 3. The predicted molar refractivity (Wildman–Crippen MR) is 122 cm³/mol. The number of hydrogen-bond acceptors (Lipinski definition) is 4. The topological polar surface area (TPSA) is 89.8 Å². The van der Waals surface area contributed by atoms with Crippen LogP contribution in [0.15, 0.2) is 54.6 Å². The van der Waals surface area contributed by atoms with Crippen molar-refractivity contribution in [1.82, 2.24) is 5.32 Å². The number of carbonyl (C=O) groups excluding carboxylic acids is 1. The van der Waals surface area contributed by atoms with Crippen LogP contribution in [0.4, 0.5) is 0 Å². The molecule has 0 saturated heterocycles. The molecular weight excluding hydrogens is 390 g/mol. The highest BCUT2D eigenvalue weighted by molar-refractivity contribution is 5.76. The zero-order valence-corrected chi connectivity index (χ0v) is 18.3. The van der Waals surface area contributed by atoms with E-state index in [2.05, 4.69) is 29.6 Å². The van der Waals surface area contributed by atoms with E-state index in [0.29, 0.717) is 31.7 Å². The Bertz CT molecular complexity index is 728. The SMILES string of the molecule is O=C(CCCC=CCC1C(O)CC(O)[C@@H]1C=CC(O)CCc1ccccc1)NC1CC1. The molecule has 3 rings (SSSR count). The summed E-state index contributed by atoms with van der Waals surface area (Å²) in [5.41, 5.74) is 1.19. The molecule has 0 bridgehead atoms. The maximum Gasteiger partial charge on any atom is 0.220 e. The molecule has 170 valence electrons. The van der Waals surface area contributed by atoms with Crippen LogP contribution in [0.3, 0.4) is 0 Å². The van der Waals surface area contributed by atoms with E-state index in [9.17, 15) is 20.1 Å². The van der Waals surface area contributed by atoms with Gasteiger partial charge in [-0.1, -0.05) is 54.6 Å². The number of aliphatic hydroxyl groups is 3. The molecule has 1 aromatic carbocycles. The fraction of sp³-hybridized carbons (Fsp3) is 0.577. The van der Waals surface area contributed by atoms with Gasteiger partial charge in [-0.2, -0.15) is 0 Å². The van der Waals surface area contributed by atoms with Crippen molar-refractivity contribution >= 4 is 5.91 Å². The van der Waals surface area contributed by atoms with Gasteiger partial charge in [-0.25, -0.2) is 0 Å². The molecule has 2 saturated carbocycles. The molecule has 5 heteroatoms. The molecule has 5 atom stereocenters. The smallest absolute Gasteiger partial charge is 0.220 e. The van der Waals surface area contributed by atoms with E-state index in [1.165, 1.54) is 5.56 Å². The first-order chi connectivity index (χ1) is 15.0. The molecule has 4 N–H and O–H groups in total. The molecule has 1 aromatic rings. The third kappa shape index (κ3) is 8.24. The molecular formula is C26H37NO4. The number of rotatable bonds is 12. The van der Waals surface area contributed by atoms with Gasteiger partial charge in [0, 0.05) is 24.8 Å². The number of aryl methyl sites for hydroxylation is 1. The van der Waals surface area contributed by atoms with Crippen molar-refractivity contribution in [3.05, 3.63) is 60.2 Å². The molecule has 0 radical (unpaired) electrons. The van der Waals surface area contributed by atoms with Crippen LogP contribution >= 0.6 is 0 Å². The van der Waals surface area contributed by atoms with Crippen molar-refractivity contribution in [2.45, 2.75) is 82.1 Å². The lowest BCUT2D eigenvalue weighted by Crippen LogP contribution is -2.24. The van der Waals surface area contributed by atoms with Crippen molar-refractivity contribution in [3.63, 3.8) is 0 Å². The highest BCUT2D eigenvalue weighted by Gasteiger charge is 2.39. The molecule has 1 amide bonds. The number of unbranched alkanes of at least 4 members (excludes halogenated alkanes) is 1. The van der Waals surface area contributed by atoms with Gasteiger partial charge in [0.25, 0.3) is 0 Å². The molecule has 0 aromatic heterocycles. The molecule has 2 fully saturated rings. The molecule has 0 spiro atoms. The third-order valence-corrected chi connectivity index (χ3v) is 6.33. The summed E-state index contributed by atoms with van der Waals surface area (Å²) in [4.78, 5) is 11.7. The summed E-state index contributed by atoms with van der Waals surface area (Å²) in [6.07, 6.45) is 13.0. The van der Waals surface area contributed by atoms with Gasteiger partial charge in [0.1, 0.15) is 0 Å². The van der Waals surface area contributed by atoms with E-state index in [1.807, 2.05) is 24.3 Å². The van der Waals surface area contributed by atoms with E-state index < -0.39 is 18.3 Å². The number of allylic oxidation sites excluding steroid dienone is 2. The van der Waals surface area contributed by atoms with Crippen molar-refractivity contribution in [1.29, 1.82) is 0 Å². The van der Waals surface area contributed by atoms with Crippen LogP contribution in [-0.2, 0) is 11.2 Å². The average molecular weight is 428 g/mol. The highest BCUT2D eigenvalue weighted by atomic mass is 16.3. The van der Waals surface area contributed by atoms with Crippen LogP contribution in [0.25, 0.3) is 0 Å². The van der Waals surface area contributed by atoms with Gasteiger partial charge in [-0.05, 0) is 56.4 Å². The van der Waals surface area contributed by atoms with Gasteiger partial charge in [-0.3, -0.25) is 4.79 Å². The lowest BCUT2D eigenvalue weighted by molar-refractivity contribution is -0.121. The normalized spacial score (nSPS) is 27.2. The van der Waals surface area contributed by atoms with Gasteiger partial charge < -0.3 is 20.6 Å². The van der Waals surface area contributed by atoms with Crippen LogP contribution < -0.4 is 5.32 Å². The second-order valence-electron chi connectivity index (χ2n) is 9.03. The Labute approximate surface area is 185 Å². The van der Waals surface area contributed by atoms with Crippen LogP contribution in [0, 0.1) is 11.8 Å².